The molecule has 3 N–H and O–H groups in total. The molecule has 1 aromatic carbocycles. The van der Waals surface area contributed by atoms with Gasteiger partial charge in [0.05, 0.1) is 20.8 Å². The van der Waals surface area contributed by atoms with E-state index in [9.17, 15) is 0 Å². The molecular formula is C21H36N4O2. The smallest absolute Gasteiger partial charge is 0.188 e. The molecule has 1 fully saturated rings. The second-order valence-corrected chi connectivity index (χ2v) is 7.53. The number of guanidine groups is 1. The molecule has 0 saturated carbocycles. The molecule has 27 heavy (non-hydrogen) atoms. The highest BCUT2D eigenvalue weighted by Crippen LogP contribution is 2.27. The number of ether oxygens (including phenoxy) is 2. The zero-order valence-corrected chi connectivity index (χ0v) is 17.3. The molecule has 0 aromatic heterocycles. The van der Waals surface area contributed by atoms with Crippen molar-refractivity contribution in [3.05, 3.63) is 23.8 Å². The van der Waals surface area contributed by atoms with Crippen LogP contribution in [-0.4, -0.2) is 50.8 Å². The first kappa shape index (κ1) is 21.4. The second kappa shape index (κ2) is 11.0. The Morgan fingerprint density at radius 3 is 2.37 bits per heavy atom. The lowest BCUT2D eigenvalue weighted by Gasteiger charge is -2.33. The summed E-state index contributed by atoms with van der Waals surface area (Å²) in [6.07, 6.45) is 5.30. The number of nitrogens with zero attached hydrogens (tertiary/aromatic N) is 2. The van der Waals surface area contributed by atoms with E-state index in [-0.39, 0.29) is 0 Å². The van der Waals surface area contributed by atoms with Crippen LogP contribution in [0, 0.1) is 5.92 Å². The van der Waals surface area contributed by atoms with E-state index in [0.717, 1.165) is 12.1 Å². The van der Waals surface area contributed by atoms with E-state index in [4.69, 9.17) is 15.2 Å². The number of likely N-dealkylation sites (tertiary alicyclic amines) is 1. The van der Waals surface area contributed by atoms with E-state index in [1.807, 2.05) is 18.2 Å². The Bertz CT molecular complexity index is 596. The minimum Gasteiger partial charge on any atom is -0.493 e. The molecule has 1 saturated heterocycles. The van der Waals surface area contributed by atoms with Crippen LogP contribution < -0.4 is 20.5 Å². The molecule has 0 bridgehead atoms. The standard InChI is InChI=1S/C21H36N4O2/c1-16(2)18(25-11-7-5-6-8-12-25)15-24-21(22)23-14-17-9-10-19(26-3)20(13-17)27-4/h9-10,13,16,18H,5-8,11-12,14-15H2,1-4H3,(H3,22,23,24). The van der Waals surface area contributed by atoms with Crippen molar-refractivity contribution in [2.45, 2.75) is 52.1 Å². The second-order valence-electron chi connectivity index (χ2n) is 7.53. The van der Waals surface area contributed by atoms with Crippen LogP contribution >= 0.6 is 0 Å². The molecule has 0 spiro atoms. The van der Waals surface area contributed by atoms with Crippen molar-refractivity contribution in [1.29, 1.82) is 0 Å². The molecule has 1 heterocycles. The number of nitrogens with two attached hydrogens (primary N) is 1. The van der Waals surface area contributed by atoms with Gasteiger partial charge in [0, 0.05) is 12.6 Å². The average molecular weight is 377 g/mol. The SMILES string of the molecule is COc1ccc(CN=C(N)NCC(C(C)C)N2CCCCCC2)cc1OC. The van der Waals surface area contributed by atoms with Gasteiger partial charge >= 0.3 is 0 Å². The Morgan fingerprint density at radius 2 is 1.78 bits per heavy atom. The fraction of sp³-hybridized carbons (Fsp3) is 0.667. The lowest BCUT2D eigenvalue weighted by atomic mass is 10.0. The number of benzene rings is 1. The highest BCUT2D eigenvalue weighted by molar-refractivity contribution is 5.77. The largest absolute Gasteiger partial charge is 0.493 e. The molecule has 0 aliphatic carbocycles. The Morgan fingerprint density at radius 1 is 1.11 bits per heavy atom. The number of rotatable bonds is 8. The van der Waals surface area contributed by atoms with Crippen molar-refractivity contribution in [1.82, 2.24) is 10.2 Å². The Labute approximate surface area is 164 Å². The summed E-state index contributed by atoms with van der Waals surface area (Å²) in [6.45, 7) is 8.29. The monoisotopic (exact) mass is 376 g/mol. The normalized spacial score (nSPS) is 17.4. The summed E-state index contributed by atoms with van der Waals surface area (Å²) in [6, 6.07) is 6.29. The minimum atomic E-state index is 0.484. The molecule has 152 valence electrons. The lowest BCUT2D eigenvalue weighted by Crippen LogP contribution is -2.48. The van der Waals surface area contributed by atoms with Gasteiger partial charge in [0.25, 0.3) is 0 Å². The zero-order valence-electron chi connectivity index (χ0n) is 17.3. The summed E-state index contributed by atoms with van der Waals surface area (Å²) in [5, 5.41) is 3.33. The van der Waals surface area contributed by atoms with Gasteiger partial charge in [-0.1, -0.05) is 32.8 Å². The molecule has 0 amide bonds. The first-order valence-electron chi connectivity index (χ1n) is 10.0. The number of hydrogen-bond donors (Lipinski definition) is 2. The number of methoxy groups -OCH3 is 2. The molecule has 1 aliphatic rings. The van der Waals surface area contributed by atoms with Gasteiger partial charge in [-0.3, -0.25) is 4.90 Å². The van der Waals surface area contributed by atoms with Crippen molar-refractivity contribution >= 4 is 5.96 Å². The molecule has 2 rings (SSSR count). The highest BCUT2D eigenvalue weighted by atomic mass is 16.5. The van der Waals surface area contributed by atoms with Gasteiger partial charge in [-0.05, 0) is 49.5 Å². The Kier molecular flexibility index (Phi) is 8.72. The summed E-state index contributed by atoms with van der Waals surface area (Å²) < 4.78 is 10.6. The van der Waals surface area contributed by atoms with Gasteiger partial charge < -0.3 is 20.5 Å². The van der Waals surface area contributed by atoms with Gasteiger partial charge in [-0.25, -0.2) is 4.99 Å². The quantitative estimate of drug-likeness (QED) is 0.539. The van der Waals surface area contributed by atoms with Crippen molar-refractivity contribution < 1.29 is 9.47 Å². The van der Waals surface area contributed by atoms with Crippen LogP contribution in [0.1, 0.15) is 45.1 Å². The van der Waals surface area contributed by atoms with Crippen LogP contribution in [0.2, 0.25) is 0 Å². The predicted octanol–water partition coefficient (Wildman–Crippen LogP) is 3.01. The van der Waals surface area contributed by atoms with Gasteiger partial charge in [0.15, 0.2) is 17.5 Å². The maximum Gasteiger partial charge on any atom is 0.188 e. The average Bonchev–Trinajstić information content (AvgIpc) is 2.95. The van der Waals surface area contributed by atoms with E-state index < -0.39 is 0 Å². The third-order valence-electron chi connectivity index (χ3n) is 5.25. The zero-order chi connectivity index (χ0) is 19.6. The molecule has 0 radical (unpaired) electrons. The maximum absolute atomic E-state index is 6.12. The van der Waals surface area contributed by atoms with E-state index in [2.05, 4.69) is 29.1 Å². The molecule has 6 nitrogen and oxygen atoms in total. The predicted molar refractivity (Wildman–Crippen MR) is 112 cm³/mol. The molecule has 1 unspecified atom stereocenters. The van der Waals surface area contributed by atoms with Crippen molar-refractivity contribution in [3.8, 4) is 11.5 Å². The summed E-state index contributed by atoms with van der Waals surface area (Å²) in [7, 11) is 3.27. The molecule has 1 aliphatic heterocycles. The maximum atomic E-state index is 6.12. The van der Waals surface area contributed by atoms with Gasteiger partial charge in [-0.15, -0.1) is 0 Å². The van der Waals surface area contributed by atoms with Gasteiger partial charge in [0.1, 0.15) is 0 Å². The number of aliphatic imine (C=N–C) groups is 1. The third kappa shape index (κ3) is 6.61. The van der Waals surface area contributed by atoms with E-state index >= 15 is 0 Å². The first-order chi connectivity index (χ1) is 13.0. The third-order valence-corrected chi connectivity index (χ3v) is 5.25. The fourth-order valence-corrected chi connectivity index (χ4v) is 3.63. The minimum absolute atomic E-state index is 0.484. The number of nitrogens with one attached hydrogen (secondary N) is 1. The van der Waals surface area contributed by atoms with Crippen LogP contribution in [-0.2, 0) is 6.54 Å². The summed E-state index contributed by atoms with van der Waals surface area (Å²) in [5.41, 5.74) is 7.15. The van der Waals surface area contributed by atoms with Crippen LogP contribution in [0.4, 0.5) is 0 Å². The van der Waals surface area contributed by atoms with Crippen molar-refractivity contribution in [3.63, 3.8) is 0 Å². The van der Waals surface area contributed by atoms with Crippen LogP contribution in [0.3, 0.4) is 0 Å². The van der Waals surface area contributed by atoms with Crippen molar-refractivity contribution in [2.24, 2.45) is 16.6 Å². The van der Waals surface area contributed by atoms with Crippen LogP contribution in [0.25, 0.3) is 0 Å². The van der Waals surface area contributed by atoms with E-state index in [1.54, 1.807) is 14.2 Å². The molecule has 1 aromatic rings. The Hall–Kier alpha value is -1.95. The number of hydrogen-bond acceptors (Lipinski definition) is 4. The topological polar surface area (TPSA) is 72.1 Å². The van der Waals surface area contributed by atoms with Crippen molar-refractivity contribution in [2.75, 3.05) is 33.9 Å². The van der Waals surface area contributed by atoms with Crippen LogP contribution in [0.5, 0.6) is 11.5 Å². The summed E-state index contributed by atoms with van der Waals surface area (Å²) >= 11 is 0. The van der Waals surface area contributed by atoms with Gasteiger partial charge in [0.2, 0.25) is 0 Å². The summed E-state index contributed by atoms with van der Waals surface area (Å²) in [4.78, 5) is 7.11. The first-order valence-corrected chi connectivity index (χ1v) is 10.0. The molecular weight excluding hydrogens is 340 g/mol. The molecule has 6 heteroatoms. The highest BCUT2D eigenvalue weighted by Gasteiger charge is 2.22. The van der Waals surface area contributed by atoms with E-state index in [0.29, 0.717) is 36.0 Å². The fourth-order valence-electron chi connectivity index (χ4n) is 3.63. The lowest BCUT2D eigenvalue weighted by molar-refractivity contribution is 0.161. The van der Waals surface area contributed by atoms with Crippen LogP contribution in [0.15, 0.2) is 23.2 Å². The van der Waals surface area contributed by atoms with Gasteiger partial charge in [-0.2, -0.15) is 0 Å². The van der Waals surface area contributed by atoms with E-state index in [1.165, 1.54) is 38.8 Å². The summed E-state index contributed by atoms with van der Waals surface area (Å²) in [5.74, 6) is 2.49. The molecule has 1 atom stereocenters. The Balaban J connectivity index is 1.91.